The second-order valence-corrected chi connectivity index (χ2v) is 6.95. The van der Waals surface area contributed by atoms with Crippen molar-refractivity contribution in [2.45, 2.75) is 38.6 Å². The lowest BCUT2D eigenvalue weighted by Crippen LogP contribution is -2.37. The van der Waals surface area contributed by atoms with Crippen molar-refractivity contribution >= 4 is 10.9 Å². The molecule has 1 aliphatic rings. The van der Waals surface area contributed by atoms with Gasteiger partial charge in [0.2, 0.25) is 0 Å². The first-order valence-electron chi connectivity index (χ1n) is 8.87. The Kier molecular flexibility index (Phi) is 4.13. The van der Waals surface area contributed by atoms with Gasteiger partial charge in [0.15, 0.2) is 0 Å². The van der Waals surface area contributed by atoms with Crippen LogP contribution in [0.25, 0.3) is 10.9 Å². The van der Waals surface area contributed by atoms with Gasteiger partial charge in [-0.25, -0.2) is 4.98 Å². The number of fused-ring (bicyclic) bond motifs is 1. The summed E-state index contributed by atoms with van der Waals surface area (Å²) in [5.74, 6) is 1.16. The molecule has 1 saturated heterocycles. The SMILES string of the molecule is Cc1cc([C@H]2CCCN([C@@H](C)c3nc4ccccc4c(=O)[nH]3)C2)n[nH]1. The van der Waals surface area contributed by atoms with E-state index in [0.29, 0.717) is 11.3 Å². The van der Waals surface area contributed by atoms with Gasteiger partial charge in [-0.1, -0.05) is 12.1 Å². The van der Waals surface area contributed by atoms with E-state index in [9.17, 15) is 4.79 Å². The van der Waals surface area contributed by atoms with Gasteiger partial charge in [0.25, 0.3) is 5.56 Å². The van der Waals surface area contributed by atoms with Crippen LogP contribution in [-0.4, -0.2) is 38.2 Å². The van der Waals surface area contributed by atoms with E-state index in [1.54, 1.807) is 0 Å². The quantitative estimate of drug-likeness (QED) is 0.770. The summed E-state index contributed by atoms with van der Waals surface area (Å²) in [6, 6.07) is 9.69. The minimum atomic E-state index is -0.0658. The maximum atomic E-state index is 12.3. The largest absolute Gasteiger partial charge is 0.309 e. The van der Waals surface area contributed by atoms with Gasteiger partial charge < -0.3 is 4.98 Å². The third-order valence-corrected chi connectivity index (χ3v) is 5.17. The molecule has 2 N–H and O–H groups in total. The summed E-state index contributed by atoms with van der Waals surface area (Å²) in [5.41, 5.74) is 2.92. The molecule has 0 amide bonds. The number of piperidine rings is 1. The van der Waals surface area contributed by atoms with Crippen LogP contribution < -0.4 is 5.56 Å². The Morgan fingerprint density at radius 1 is 1.32 bits per heavy atom. The number of H-pyrrole nitrogens is 2. The van der Waals surface area contributed by atoms with Gasteiger partial charge >= 0.3 is 0 Å². The molecule has 6 heteroatoms. The van der Waals surface area contributed by atoms with Crippen molar-refractivity contribution in [3.8, 4) is 0 Å². The van der Waals surface area contributed by atoms with Gasteiger partial charge in [0.05, 0.1) is 22.6 Å². The first kappa shape index (κ1) is 16.0. The number of para-hydroxylation sites is 1. The molecular formula is C19H23N5O. The molecule has 0 radical (unpaired) electrons. The zero-order chi connectivity index (χ0) is 17.4. The molecule has 4 rings (SSSR count). The van der Waals surface area contributed by atoms with Crippen LogP contribution in [-0.2, 0) is 0 Å². The fourth-order valence-corrected chi connectivity index (χ4v) is 3.72. The van der Waals surface area contributed by atoms with Crippen molar-refractivity contribution in [1.82, 2.24) is 25.1 Å². The topological polar surface area (TPSA) is 77.7 Å². The van der Waals surface area contributed by atoms with Crippen molar-refractivity contribution in [3.05, 3.63) is 57.9 Å². The lowest BCUT2D eigenvalue weighted by atomic mass is 9.93. The number of aromatic nitrogens is 4. The van der Waals surface area contributed by atoms with Crippen LogP contribution in [0.5, 0.6) is 0 Å². The monoisotopic (exact) mass is 337 g/mol. The van der Waals surface area contributed by atoms with Crippen LogP contribution in [0.2, 0.25) is 0 Å². The summed E-state index contributed by atoms with van der Waals surface area (Å²) >= 11 is 0. The van der Waals surface area contributed by atoms with Crippen LogP contribution in [0.4, 0.5) is 0 Å². The van der Waals surface area contributed by atoms with Crippen molar-refractivity contribution in [2.24, 2.45) is 0 Å². The minimum Gasteiger partial charge on any atom is -0.309 e. The summed E-state index contributed by atoms with van der Waals surface area (Å²) in [6.07, 6.45) is 2.27. The smallest absolute Gasteiger partial charge is 0.258 e. The Hall–Kier alpha value is -2.47. The molecule has 1 fully saturated rings. The summed E-state index contributed by atoms with van der Waals surface area (Å²) < 4.78 is 0. The van der Waals surface area contributed by atoms with Crippen molar-refractivity contribution in [2.75, 3.05) is 13.1 Å². The highest BCUT2D eigenvalue weighted by Crippen LogP contribution is 2.30. The van der Waals surface area contributed by atoms with E-state index in [0.717, 1.165) is 48.7 Å². The van der Waals surface area contributed by atoms with Crippen LogP contribution in [0.1, 0.15) is 48.9 Å². The number of benzene rings is 1. The van der Waals surface area contributed by atoms with E-state index in [4.69, 9.17) is 4.98 Å². The highest BCUT2D eigenvalue weighted by molar-refractivity contribution is 5.77. The normalized spacial score (nSPS) is 20.0. The summed E-state index contributed by atoms with van der Waals surface area (Å²) in [7, 11) is 0. The molecule has 0 unspecified atom stereocenters. The number of hydrogen-bond acceptors (Lipinski definition) is 4. The minimum absolute atomic E-state index is 0.0658. The molecule has 130 valence electrons. The Morgan fingerprint density at radius 2 is 2.16 bits per heavy atom. The first-order valence-corrected chi connectivity index (χ1v) is 8.87. The highest BCUT2D eigenvalue weighted by atomic mass is 16.1. The predicted octanol–water partition coefficient (Wildman–Crippen LogP) is 2.90. The van der Waals surface area contributed by atoms with E-state index < -0.39 is 0 Å². The average molecular weight is 337 g/mol. The molecule has 0 spiro atoms. The van der Waals surface area contributed by atoms with E-state index in [2.05, 4.69) is 33.1 Å². The van der Waals surface area contributed by atoms with E-state index >= 15 is 0 Å². The van der Waals surface area contributed by atoms with Gasteiger partial charge in [-0.3, -0.25) is 14.8 Å². The van der Waals surface area contributed by atoms with Gasteiger partial charge in [0.1, 0.15) is 5.82 Å². The lowest BCUT2D eigenvalue weighted by Gasteiger charge is -2.35. The van der Waals surface area contributed by atoms with E-state index in [-0.39, 0.29) is 11.6 Å². The first-order chi connectivity index (χ1) is 12.1. The Balaban J connectivity index is 1.60. The Morgan fingerprint density at radius 3 is 2.96 bits per heavy atom. The molecule has 3 heterocycles. The number of hydrogen-bond donors (Lipinski definition) is 2. The second kappa shape index (κ2) is 6.44. The number of nitrogens with zero attached hydrogens (tertiary/aromatic N) is 3. The molecule has 0 aliphatic carbocycles. The number of nitrogens with one attached hydrogen (secondary N) is 2. The summed E-state index contributed by atoms with van der Waals surface area (Å²) in [6.45, 7) is 6.09. The molecule has 0 saturated carbocycles. The van der Waals surface area contributed by atoms with Gasteiger partial charge in [-0.2, -0.15) is 5.10 Å². The zero-order valence-corrected chi connectivity index (χ0v) is 14.6. The van der Waals surface area contributed by atoms with Crippen molar-refractivity contribution in [1.29, 1.82) is 0 Å². The molecule has 3 aromatic rings. The second-order valence-electron chi connectivity index (χ2n) is 6.95. The Labute approximate surface area is 146 Å². The summed E-state index contributed by atoms with van der Waals surface area (Å²) in [5, 5.41) is 8.12. The van der Waals surface area contributed by atoms with Crippen molar-refractivity contribution in [3.63, 3.8) is 0 Å². The fraction of sp³-hybridized carbons (Fsp3) is 0.421. The zero-order valence-electron chi connectivity index (χ0n) is 14.6. The third kappa shape index (κ3) is 3.09. The standard InChI is InChI=1S/C19H23N5O/c1-12-10-17(23-22-12)14-6-5-9-24(11-14)13(2)18-20-16-8-4-3-7-15(16)19(25)21-18/h3-4,7-8,10,13-14H,5-6,9,11H2,1-2H3,(H,22,23)(H,20,21,25)/t13-,14-/m0/s1. The Bertz CT molecular complexity index is 944. The van der Waals surface area contributed by atoms with E-state index in [1.807, 2.05) is 31.2 Å². The molecular weight excluding hydrogens is 314 g/mol. The molecule has 25 heavy (non-hydrogen) atoms. The lowest BCUT2D eigenvalue weighted by molar-refractivity contribution is 0.151. The van der Waals surface area contributed by atoms with Crippen molar-refractivity contribution < 1.29 is 0 Å². The maximum absolute atomic E-state index is 12.3. The van der Waals surface area contributed by atoms with Crippen LogP contribution >= 0.6 is 0 Å². The number of aromatic amines is 2. The predicted molar refractivity (Wildman–Crippen MR) is 97.7 cm³/mol. The number of aryl methyl sites for hydroxylation is 1. The highest BCUT2D eigenvalue weighted by Gasteiger charge is 2.27. The molecule has 1 aliphatic heterocycles. The molecule has 2 atom stereocenters. The maximum Gasteiger partial charge on any atom is 0.258 e. The molecule has 1 aromatic carbocycles. The number of rotatable bonds is 3. The summed E-state index contributed by atoms with van der Waals surface area (Å²) in [4.78, 5) is 22.4. The van der Waals surface area contributed by atoms with Gasteiger partial charge in [-0.15, -0.1) is 0 Å². The van der Waals surface area contributed by atoms with Crippen LogP contribution in [0.15, 0.2) is 35.1 Å². The number of likely N-dealkylation sites (tertiary alicyclic amines) is 1. The molecule has 2 aromatic heterocycles. The fourth-order valence-electron chi connectivity index (χ4n) is 3.72. The molecule has 6 nitrogen and oxygen atoms in total. The van der Waals surface area contributed by atoms with Crippen LogP contribution in [0, 0.1) is 6.92 Å². The van der Waals surface area contributed by atoms with Gasteiger partial charge in [-0.05, 0) is 51.4 Å². The van der Waals surface area contributed by atoms with E-state index in [1.165, 1.54) is 0 Å². The van der Waals surface area contributed by atoms with Gasteiger partial charge in [0, 0.05) is 18.2 Å². The third-order valence-electron chi connectivity index (χ3n) is 5.17. The average Bonchev–Trinajstić information content (AvgIpc) is 3.08. The van der Waals surface area contributed by atoms with Crippen LogP contribution in [0.3, 0.4) is 0 Å². The molecule has 0 bridgehead atoms.